The number of hydrogen-bond acceptors (Lipinski definition) is 5. The molecule has 1 N–H and O–H groups in total. The van der Waals surface area contributed by atoms with Crippen LogP contribution < -0.4 is 5.32 Å². The quantitative estimate of drug-likeness (QED) is 0.872. The number of anilines is 2. The molecule has 100 valence electrons. The lowest BCUT2D eigenvalue weighted by Crippen LogP contribution is -2.03. The summed E-state index contributed by atoms with van der Waals surface area (Å²) in [4.78, 5) is 16.5. The summed E-state index contributed by atoms with van der Waals surface area (Å²) < 4.78 is 4.67. The molecule has 0 saturated heterocycles. The summed E-state index contributed by atoms with van der Waals surface area (Å²) in [6.45, 7) is 3.80. The van der Waals surface area contributed by atoms with E-state index in [2.05, 4.69) is 15.0 Å². The predicted octanol–water partition coefficient (Wildman–Crippen LogP) is 3.94. The molecule has 0 aliphatic carbocycles. The Morgan fingerprint density at radius 3 is 2.79 bits per heavy atom. The normalized spacial score (nSPS) is 10.3. The van der Waals surface area contributed by atoms with Gasteiger partial charge in [0.25, 0.3) is 0 Å². The molecule has 0 radical (unpaired) electrons. The van der Waals surface area contributed by atoms with E-state index < -0.39 is 5.97 Å². The molecule has 2 rings (SSSR count). The summed E-state index contributed by atoms with van der Waals surface area (Å²) in [5, 5.41) is 4.34. The first-order valence-electron chi connectivity index (χ1n) is 5.60. The highest BCUT2D eigenvalue weighted by molar-refractivity contribution is 7.15. The first kappa shape index (κ1) is 13.8. The number of carbonyl (C=O) groups is 1. The second-order valence-electron chi connectivity index (χ2n) is 4.02. The van der Waals surface area contributed by atoms with Crippen molar-refractivity contribution in [3.8, 4) is 0 Å². The minimum Gasteiger partial charge on any atom is -0.464 e. The van der Waals surface area contributed by atoms with Gasteiger partial charge in [-0.1, -0.05) is 17.7 Å². The van der Waals surface area contributed by atoms with Gasteiger partial charge in [-0.15, -0.1) is 11.3 Å². The van der Waals surface area contributed by atoms with Crippen LogP contribution >= 0.6 is 22.9 Å². The fourth-order valence-electron chi connectivity index (χ4n) is 1.57. The van der Waals surface area contributed by atoms with Crippen LogP contribution in [-0.4, -0.2) is 18.1 Å². The molecule has 0 atom stereocenters. The molecule has 0 fully saturated rings. The molecule has 19 heavy (non-hydrogen) atoms. The van der Waals surface area contributed by atoms with Gasteiger partial charge in [-0.05, 0) is 31.5 Å². The molecule has 6 heteroatoms. The average Bonchev–Trinajstić information content (AvgIpc) is 2.73. The number of halogens is 1. The second-order valence-corrected chi connectivity index (χ2v) is 5.63. The van der Waals surface area contributed by atoms with Crippen molar-refractivity contribution in [2.45, 2.75) is 13.8 Å². The largest absolute Gasteiger partial charge is 0.464 e. The third kappa shape index (κ3) is 3.05. The van der Waals surface area contributed by atoms with Gasteiger partial charge < -0.3 is 10.1 Å². The second kappa shape index (κ2) is 5.59. The number of benzene rings is 1. The molecule has 0 aliphatic rings. The van der Waals surface area contributed by atoms with Crippen molar-refractivity contribution in [1.82, 2.24) is 4.98 Å². The average molecular weight is 297 g/mol. The van der Waals surface area contributed by atoms with Gasteiger partial charge in [-0.3, -0.25) is 0 Å². The Kier molecular flexibility index (Phi) is 4.07. The highest BCUT2D eigenvalue weighted by Gasteiger charge is 2.16. The lowest BCUT2D eigenvalue weighted by molar-refractivity contribution is 0.0594. The molecule has 1 aromatic carbocycles. The highest BCUT2D eigenvalue weighted by atomic mass is 35.5. The fraction of sp³-hybridized carbons (Fsp3) is 0.231. The van der Waals surface area contributed by atoms with Crippen LogP contribution in [0, 0.1) is 13.8 Å². The smallest absolute Gasteiger partial charge is 0.357 e. The summed E-state index contributed by atoms with van der Waals surface area (Å²) in [6.07, 6.45) is 0. The van der Waals surface area contributed by atoms with Gasteiger partial charge in [0, 0.05) is 4.88 Å². The van der Waals surface area contributed by atoms with Crippen LogP contribution in [0.2, 0.25) is 5.02 Å². The summed E-state index contributed by atoms with van der Waals surface area (Å²) in [7, 11) is 1.34. The number of nitrogens with zero attached hydrogens (tertiary/aromatic N) is 1. The lowest BCUT2D eigenvalue weighted by atomic mass is 10.2. The maximum Gasteiger partial charge on any atom is 0.357 e. The molecule has 2 aromatic rings. The van der Waals surface area contributed by atoms with Crippen molar-refractivity contribution in [3.63, 3.8) is 0 Å². The van der Waals surface area contributed by atoms with Crippen molar-refractivity contribution in [3.05, 3.63) is 39.4 Å². The van der Waals surface area contributed by atoms with E-state index >= 15 is 0 Å². The van der Waals surface area contributed by atoms with E-state index in [4.69, 9.17) is 11.6 Å². The number of aryl methyl sites for hydroxylation is 2. The van der Waals surface area contributed by atoms with Crippen LogP contribution in [0.5, 0.6) is 0 Å². The maximum atomic E-state index is 11.5. The summed E-state index contributed by atoms with van der Waals surface area (Å²) in [5.74, 6) is -0.434. The Morgan fingerprint density at radius 1 is 1.42 bits per heavy atom. The van der Waals surface area contributed by atoms with E-state index in [-0.39, 0.29) is 0 Å². The van der Waals surface area contributed by atoms with Gasteiger partial charge in [-0.25, -0.2) is 9.78 Å². The lowest BCUT2D eigenvalue weighted by Gasteiger charge is -2.05. The monoisotopic (exact) mass is 296 g/mol. The molecular formula is C13H13ClN2O2S. The zero-order valence-electron chi connectivity index (χ0n) is 10.8. The number of methoxy groups -OCH3 is 1. The van der Waals surface area contributed by atoms with Crippen LogP contribution in [0.1, 0.15) is 20.9 Å². The third-order valence-electron chi connectivity index (χ3n) is 2.54. The predicted molar refractivity (Wildman–Crippen MR) is 77.7 cm³/mol. The molecule has 4 nitrogen and oxygen atoms in total. The number of ether oxygens (including phenoxy) is 1. The molecule has 1 heterocycles. The zero-order chi connectivity index (χ0) is 14.0. The van der Waals surface area contributed by atoms with Crippen LogP contribution in [0.3, 0.4) is 0 Å². The minimum atomic E-state index is -0.434. The van der Waals surface area contributed by atoms with Crippen LogP contribution in [0.25, 0.3) is 0 Å². The van der Waals surface area contributed by atoms with Crippen LogP contribution in [-0.2, 0) is 4.74 Å². The molecule has 0 aliphatic heterocycles. The topological polar surface area (TPSA) is 51.2 Å². The van der Waals surface area contributed by atoms with Gasteiger partial charge in [0.05, 0.1) is 17.8 Å². The van der Waals surface area contributed by atoms with E-state index in [1.54, 1.807) is 0 Å². The van der Waals surface area contributed by atoms with E-state index in [9.17, 15) is 4.79 Å². The highest BCUT2D eigenvalue weighted by Crippen LogP contribution is 2.30. The number of rotatable bonds is 3. The van der Waals surface area contributed by atoms with Gasteiger partial charge in [0.15, 0.2) is 10.8 Å². The van der Waals surface area contributed by atoms with Crippen molar-refractivity contribution in [2.75, 3.05) is 12.4 Å². The minimum absolute atomic E-state index is 0.332. The fourth-order valence-corrected chi connectivity index (χ4v) is 2.67. The van der Waals surface area contributed by atoms with Crippen LogP contribution in [0.15, 0.2) is 18.2 Å². The van der Waals surface area contributed by atoms with E-state index in [1.165, 1.54) is 18.4 Å². The molecule has 0 spiro atoms. The summed E-state index contributed by atoms with van der Waals surface area (Å²) >= 11 is 7.52. The summed E-state index contributed by atoms with van der Waals surface area (Å²) in [5.41, 5.74) is 2.18. The Morgan fingerprint density at radius 2 is 2.16 bits per heavy atom. The van der Waals surface area contributed by atoms with Gasteiger partial charge in [-0.2, -0.15) is 0 Å². The molecule has 0 bridgehead atoms. The van der Waals surface area contributed by atoms with Crippen molar-refractivity contribution < 1.29 is 9.53 Å². The SMILES string of the molecule is COC(=O)c1nc(Nc2ccc(C)cc2Cl)sc1C. The summed E-state index contributed by atoms with van der Waals surface area (Å²) in [6, 6.07) is 5.70. The van der Waals surface area contributed by atoms with E-state index in [0.717, 1.165) is 16.1 Å². The number of thiazole rings is 1. The third-order valence-corrected chi connectivity index (χ3v) is 3.74. The van der Waals surface area contributed by atoms with E-state index in [0.29, 0.717) is 15.8 Å². The van der Waals surface area contributed by atoms with Crippen molar-refractivity contribution in [2.24, 2.45) is 0 Å². The molecular weight excluding hydrogens is 284 g/mol. The first-order chi connectivity index (χ1) is 9.01. The number of nitrogens with one attached hydrogen (secondary N) is 1. The standard InChI is InChI=1S/C13H13ClN2O2S/c1-7-4-5-10(9(14)6-7)15-13-16-11(8(2)19-13)12(17)18-3/h4-6H,1-3H3,(H,15,16). The molecule has 0 amide bonds. The molecule has 1 aromatic heterocycles. The Labute approximate surface area is 120 Å². The Balaban J connectivity index is 2.26. The number of carbonyl (C=O) groups excluding carboxylic acids is 1. The Bertz CT molecular complexity index is 625. The van der Waals surface area contributed by atoms with Gasteiger partial charge >= 0.3 is 5.97 Å². The van der Waals surface area contributed by atoms with Crippen LogP contribution in [0.4, 0.5) is 10.8 Å². The van der Waals surface area contributed by atoms with Crippen molar-refractivity contribution >= 4 is 39.7 Å². The zero-order valence-corrected chi connectivity index (χ0v) is 12.4. The molecule has 0 unspecified atom stereocenters. The number of esters is 1. The maximum absolute atomic E-state index is 11.5. The van der Waals surface area contributed by atoms with Gasteiger partial charge in [0.1, 0.15) is 0 Å². The molecule has 0 saturated carbocycles. The van der Waals surface area contributed by atoms with Gasteiger partial charge in [0.2, 0.25) is 0 Å². The number of hydrogen-bond donors (Lipinski definition) is 1. The van der Waals surface area contributed by atoms with Crippen molar-refractivity contribution in [1.29, 1.82) is 0 Å². The first-order valence-corrected chi connectivity index (χ1v) is 6.79. The number of aromatic nitrogens is 1. The Hall–Kier alpha value is -1.59. The van der Waals surface area contributed by atoms with E-state index in [1.807, 2.05) is 32.0 Å².